The molecule has 49 heavy (non-hydrogen) atoms. The Labute approximate surface area is 283 Å². The number of terminal acetylenes is 1. The van der Waals surface area contributed by atoms with Crippen molar-refractivity contribution in [1.29, 1.82) is 0 Å². The highest BCUT2D eigenvalue weighted by Gasteiger charge is 2.49. The maximum Gasteiger partial charge on any atom is 0.319 e. The van der Waals surface area contributed by atoms with Crippen LogP contribution in [0.1, 0.15) is 51.5 Å². The van der Waals surface area contributed by atoms with Crippen LogP contribution in [0.2, 0.25) is 0 Å². The first-order valence-corrected chi connectivity index (χ1v) is 17.0. The molecular weight excluding hydrogens is 628 g/mol. The standard InChI is InChI=1S/C35H33F2N7O3.C2H6/c1-2-20-5-3-6-21-11-25(45)12-26(29(20)21)31-30(37)32-27(15-39-31)33(42-17-23-7-8-24(18-42)44(23)28(46)14-38)41-34(40-32)47-19-35-9-4-10-43(35)16-22(36)13-35;1-2/h1,3,5-6,11-12,14-15,22-24,38,45H,4,7-10,13,16-19H2;1-2H3/p+1. The van der Waals surface area contributed by atoms with Crippen molar-refractivity contribution in [3.8, 4) is 35.4 Å². The van der Waals surface area contributed by atoms with E-state index in [1.807, 2.05) is 23.6 Å². The average Bonchev–Trinajstić information content (AvgIpc) is 3.73. The smallest absolute Gasteiger partial charge is 0.319 e. The molecular formula is C37H40F2N7O3+. The summed E-state index contributed by atoms with van der Waals surface area (Å²) in [6.45, 7) is 6.30. The van der Waals surface area contributed by atoms with Crippen molar-refractivity contribution in [2.24, 2.45) is 0 Å². The number of carbonyl (C=O) groups is 1. The lowest BCUT2D eigenvalue weighted by molar-refractivity contribution is -0.141. The van der Waals surface area contributed by atoms with Crippen LogP contribution in [-0.2, 0) is 4.79 Å². The first kappa shape index (κ1) is 32.6. The van der Waals surface area contributed by atoms with Gasteiger partial charge in [-0.2, -0.15) is 9.97 Å². The van der Waals surface area contributed by atoms with Crippen molar-refractivity contribution in [2.75, 3.05) is 37.7 Å². The van der Waals surface area contributed by atoms with Crippen molar-refractivity contribution in [2.45, 2.75) is 69.7 Å². The van der Waals surface area contributed by atoms with Gasteiger partial charge >= 0.3 is 11.9 Å². The number of phenols is 1. The quantitative estimate of drug-likeness (QED) is 0.236. The van der Waals surface area contributed by atoms with Crippen molar-refractivity contribution in [3.63, 3.8) is 0 Å². The lowest BCUT2D eigenvalue weighted by atomic mass is 9.95. The number of nitrogens with zero attached hydrogens (tertiary/aromatic N) is 6. The molecule has 4 unspecified atom stereocenters. The SMILES string of the molecule is C#Cc1cccc2cc(O)cc(-c3ncc4c(N5CC6CCC(C5)N6C(=O)C=[NH2+])nc(OCC56CCCN5CC(F)C6)nc4c3F)c12.CC. The van der Waals surface area contributed by atoms with E-state index < -0.39 is 17.5 Å². The highest BCUT2D eigenvalue weighted by molar-refractivity contribution is 6.23. The summed E-state index contributed by atoms with van der Waals surface area (Å²) in [5.41, 5.74) is 0.394. The summed E-state index contributed by atoms with van der Waals surface area (Å²) in [6.07, 6.45) is 11.3. The van der Waals surface area contributed by atoms with Gasteiger partial charge in [-0.15, -0.1) is 6.42 Å². The molecule has 6 heterocycles. The molecule has 10 nitrogen and oxygen atoms in total. The minimum absolute atomic E-state index is 0.00129. The van der Waals surface area contributed by atoms with E-state index in [2.05, 4.69) is 20.8 Å². The molecule has 4 atom stereocenters. The number of halogens is 2. The van der Waals surface area contributed by atoms with Gasteiger partial charge in [0.15, 0.2) is 5.82 Å². The number of ether oxygens (including phenoxy) is 1. The monoisotopic (exact) mass is 668 g/mol. The van der Waals surface area contributed by atoms with Crippen molar-refractivity contribution >= 4 is 39.6 Å². The van der Waals surface area contributed by atoms with E-state index in [-0.39, 0.29) is 47.6 Å². The molecule has 0 saturated carbocycles. The second-order valence-electron chi connectivity index (χ2n) is 13.1. The lowest BCUT2D eigenvalue weighted by Gasteiger charge is -2.40. The maximum atomic E-state index is 16.9. The van der Waals surface area contributed by atoms with Crippen LogP contribution in [0, 0.1) is 18.2 Å². The zero-order chi connectivity index (χ0) is 34.4. The molecule has 254 valence electrons. The summed E-state index contributed by atoms with van der Waals surface area (Å²) in [6, 6.07) is 8.16. The molecule has 2 aromatic carbocycles. The van der Waals surface area contributed by atoms with Gasteiger partial charge in [0, 0.05) is 48.8 Å². The summed E-state index contributed by atoms with van der Waals surface area (Å²) in [7, 11) is 0. The second-order valence-corrected chi connectivity index (χ2v) is 13.1. The number of hydrogen-bond donors (Lipinski definition) is 2. The number of hydrogen-bond acceptors (Lipinski definition) is 8. The number of rotatable bonds is 6. The van der Waals surface area contributed by atoms with Crippen LogP contribution in [-0.4, -0.2) is 98.6 Å². The van der Waals surface area contributed by atoms with Gasteiger partial charge in [0.25, 0.3) is 0 Å². The van der Waals surface area contributed by atoms with Gasteiger partial charge in [-0.1, -0.05) is 31.9 Å². The zero-order valence-corrected chi connectivity index (χ0v) is 27.7. The minimum atomic E-state index is -0.927. The third-order valence-corrected chi connectivity index (χ3v) is 10.4. The molecule has 4 aliphatic rings. The second kappa shape index (κ2) is 12.9. The molecule has 8 rings (SSSR count). The van der Waals surface area contributed by atoms with E-state index in [1.54, 1.807) is 24.3 Å². The van der Waals surface area contributed by atoms with E-state index in [0.29, 0.717) is 59.2 Å². The molecule has 4 aromatic rings. The lowest BCUT2D eigenvalue weighted by Crippen LogP contribution is -2.58. The molecule has 1 amide bonds. The molecule has 0 radical (unpaired) electrons. The van der Waals surface area contributed by atoms with Crippen LogP contribution in [0.3, 0.4) is 0 Å². The minimum Gasteiger partial charge on any atom is -0.508 e. The number of nitrogens with two attached hydrogens (primary N) is 1. The molecule has 4 fully saturated rings. The maximum absolute atomic E-state index is 16.9. The largest absolute Gasteiger partial charge is 0.508 e. The normalized spacial score (nSPS) is 24.4. The Bertz CT molecular complexity index is 1990. The molecule has 2 bridgehead atoms. The van der Waals surface area contributed by atoms with Crippen molar-refractivity contribution in [1.82, 2.24) is 24.8 Å². The Hall–Kier alpha value is -4.89. The number of amides is 1. The number of pyridine rings is 1. The highest BCUT2D eigenvalue weighted by atomic mass is 19.1. The Morgan fingerprint density at radius 1 is 1.20 bits per heavy atom. The van der Waals surface area contributed by atoms with Gasteiger partial charge in [-0.25, -0.2) is 8.78 Å². The predicted octanol–water partition coefficient (Wildman–Crippen LogP) is 3.66. The van der Waals surface area contributed by atoms with Crippen LogP contribution in [0.25, 0.3) is 32.9 Å². The van der Waals surface area contributed by atoms with Crippen molar-refractivity contribution in [3.05, 3.63) is 47.9 Å². The fourth-order valence-electron chi connectivity index (χ4n) is 8.40. The van der Waals surface area contributed by atoms with Crippen molar-refractivity contribution < 1.29 is 28.8 Å². The Kier molecular flexibility index (Phi) is 8.57. The first-order chi connectivity index (χ1) is 23.8. The van der Waals surface area contributed by atoms with Gasteiger partial charge in [0.1, 0.15) is 35.6 Å². The molecule has 4 aliphatic heterocycles. The van der Waals surface area contributed by atoms with E-state index >= 15 is 4.39 Å². The summed E-state index contributed by atoms with van der Waals surface area (Å²) >= 11 is 0. The van der Waals surface area contributed by atoms with Crippen LogP contribution < -0.4 is 15.0 Å². The van der Waals surface area contributed by atoms with E-state index in [0.717, 1.165) is 38.4 Å². The van der Waals surface area contributed by atoms with Gasteiger partial charge in [-0.3, -0.25) is 20.1 Å². The van der Waals surface area contributed by atoms with E-state index in [1.165, 1.54) is 12.3 Å². The fourth-order valence-corrected chi connectivity index (χ4v) is 8.40. The third-order valence-electron chi connectivity index (χ3n) is 10.4. The average molecular weight is 669 g/mol. The molecule has 2 aromatic heterocycles. The van der Waals surface area contributed by atoms with Gasteiger partial charge in [-0.05, 0) is 55.8 Å². The molecule has 0 spiro atoms. The summed E-state index contributed by atoms with van der Waals surface area (Å²) in [5.74, 6) is 2.13. The number of phenolic OH excluding ortho intramolecular Hbond substituents is 1. The topological polar surface area (TPSA) is 121 Å². The molecule has 0 aliphatic carbocycles. The number of aromatic nitrogens is 3. The van der Waals surface area contributed by atoms with Gasteiger partial charge in [0.05, 0.1) is 23.0 Å². The van der Waals surface area contributed by atoms with Gasteiger partial charge in [0.2, 0.25) is 6.21 Å². The Morgan fingerprint density at radius 2 is 1.98 bits per heavy atom. The highest BCUT2D eigenvalue weighted by Crippen LogP contribution is 2.42. The summed E-state index contributed by atoms with van der Waals surface area (Å²) in [5, 5.41) is 17.8. The zero-order valence-electron chi connectivity index (χ0n) is 27.7. The molecule has 4 saturated heterocycles. The number of alkyl halides is 1. The third kappa shape index (κ3) is 5.50. The Balaban J connectivity index is 0.00000186. The number of fused-ring (bicyclic) bond motifs is 5. The first-order valence-electron chi connectivity index (χ1n) is 17.0. The van der Waals surface area contributed by atoms with E-state index in [4.69, 9.17) is 21.6 Å². The number of carbonyl (C=O) groups excluding carboxylic acids is 1. The molecule has 12 heteroatoms. The summed E-state index contributed by atoms with van der Waals surface area (Å²) < 4.78 is 37.6. The number of piperazine rings is 1. The fraction of sp³-hybridized carbons (Fsp3) is 0.432. The Morgan fingerprint density at radius 3 is 2.71 bits per heavy atom. The molecule has 3 N–H and O–H groups in total. The summed E-state index contributed by atoms with van der Waals surface area (Å²) in [4.78, 5) is 32.6. The number of aromatic hydroxyl groups is 1. The number of benzene rings is 2. The van der Waals surface area contributed by atoms with E-state index in [9.17, 15) is 14.3 Å². The van der Waals surface area contributed by atoms with Gasteiger partial charge < -0.3 is 19.6 Å². The van der Waals surface area contributed by atoms with Crippen LogP contribution in [0.15, 0.2) is 36.5 Å². The number of anilines is 1. The van der Waals surface area contributed by atoms with Crippen LogP contribution in [0.4, 0.5) is 14.6 Å². The van der Waals surface area contributed by atoms with Crippen LogP contribution >= 0.6 is 0 Å². The predicted molar refractivity (Wildman–Crippen MR) is 184 cm³/mol. The van der Waals surface area contributed by atoms with Crippen LogP contribution in [0.5, 0.6) is 11.8 Å².